The second kappa shape index (κ2) is 22.9. The molecule has 11 rings (SSSR count). The third-order valence-electron chi connectivity index (χ3n) is 22.0. The monoisotopic (exact) mass is 1180 g/mol. The lowest BCUT2D eigenvalue weighted by atomic mass is 9.46. The predicted octanol–water partition coefficient (Wildman–Crippen LogP) is 8.97. The quantitative estimate of drug-likeness (QED) is 0.0224. The molecule has 8 N–H and O–H groups in total. The number of nitrogens with one attached hydrogen (secondary N) is 4. The maximum Gasteiger partial charge on any atom is 0.509 e. The van der Waals surface area contributed by atoms with Crippen molar-refractivity contribution in [3.05, 3.63) is 88.6 Å². The molecule has 4 unspecified atom stereocenters. The van der Waals surface area contributed by atoms with Crippen molar-refractivity contribution in [3.8, 4) is 0 Å². The van der Waals surface area contributed by atoms with E-state index in [9.17, 15) is 39.0 Å². The Balaban J connectivity index is 0.682. The molecule has 8 fully saturated rings. The number of carbonyl (C=O) groups excluding carboxylic acids is 6. The molecule has 6 saturated carbocycles. The van der Waals surface area contributed by atoms with Crippen molar-refractivity contribution in [1.82, 2.24) is 16.0 Å². The standard InChI is InChI=1S/C66H89N5O14/c1-36(2)64(79)33-53-66(85-53)63(8)30-28-44-45(35-80-55(44)74)48(63)32-52-65(66,84-52)56(64)83-60(78)81-34-39-17-23-43(24-18-39)69-54(73)49(14-11-31-68-58(67)76)70-57(75)61(5,6)71-59(77)82-51(42-21-22-42)27-16-37(3)46-25-26-47-41(13-10-29-62(46,47)7)20-19-40-12-9-15-50(72)38(40)4/h16-20,23-24,27,36-37,42,46-53,56,72,79H,4,9-15,21-22,25-26,28-35H2,1-3,5-8H3,(H,69,73)(H,70,75)(H,71,77)(H3,67,68,76)/b27-16+,40-19-,41-20+/t37-,46?,47?,48-,49?,50-,51?,52-,53-,56+,62+,63-,64+,65+,66+/m0/s1. The Morgan fingerprint density at radius 2 is 1.69 bits per heavy atom. The Bertz CT molecular complexity index is 2980. The Kier molecular flexibility index (Phi) is 16.4. The zero-order chi connectivity index (χ0) is 60.6. The number of carbonyl (C=O) groups is 6. The Hall–Kier alpha value is -6.02. The largest absolute Gasteiger partial charge is 0.509 e. The van der Waals surface area contributed by atoms with Crippen LogP contribution < -0.4 is 27.0 Å². The number of urea groups is 1. The molecule has 3 heterocycles. The van der Waals surface area contributed by atoms with Gasteiger partial charge >= 0.3 is 24.2 Å². The molecule has 2 spiro atoms. The van der Waals surface area contributed by atoms with E-state index in [1.807, 2.05) is 19.9 Å². The molecule has 2 saturated heterocycles. The van der Waals surface area contributed by atoms with Gasteiger partial charge in [0, 0.05) is 29.6 Å². The van der Waals surface area contributed by atoms with Crippen LogP contribution in [0.15, 0.2) is 83.0 Å². The number of epoxide rings is 2. The number of ether oxygens (including phenoxy) is 6. The van der Waals surface area contributed by atoms with Crippen molar-refractivity contribution < 1.29 is 67.4 Å². The SMILES string of the molecule is C=C1/C(=C\C=C2/CCC[C@@]3(C)C2CCC3[C@@H](C)/C=C/C(OC(=O)NC(C)(C)C(=O)NC(CCCNC(N)=O)C(=O)Nc2ccc(COC(=O)O[C@H]3[C@]45O[C@H]4C[C@H]4C6=C(CC[C@]4(C)[C@@]54O[C@H]4C[C@@]3(O)C(C)C)C(=O)OC6)cc2)C2CC2)CCC[C@@H]1O. The minimum Gasteiger partial charge on any atom is -0.458 e. The highest BCUT2D eigenvalue weighted by molar-refractivity contribution is 5.99. The molecule has 15 atom stereocenters. The van der Waals surface area contributed by atoms with E-state index in [1.165, 1.54) is 19.4 Å². The highest BCUT2D eigenvalue weighted by Crippen LogP contribution is 2.80. The number of cyclic esters (lactones) is 1. The first-order chi connectivity index (χ1) is 40.3. The van der Waals surface area contributed by atoms with Gasteiger partial charge in [0.2, 0.25) is 11.8 Å². The van der Waals surface area contributed by atoms with Gasteiger partial charge in [-0.05, 0) is 192 Å². The molecule has 0 aromatic heterocycles. The van der Waals surface area contributed by atoms with E-state index >= 15 is 0 Å². The van der Waals surface area contributed by atoms with E-state index in [0.29, 0.717) is 42.3 Å². The van der Waals surface area contributed by atoms with E-state index in [2.05, 4.69) is 66.8 Å². The lowest BCUT2D eigenvalue weighted by Crippen LogP contribution is -2.72. The molecule has 1 aromatic rings. The van der Waals surface area contributed by atoms with Crippen LogP contribution in [0.5, 0.6) is 0 Å². The molecule has 7 aliphatic carbocycles. The predicted molar refractivity (Wildman–Crippen MR) is 314 cm³/mol. The second-order valence-corrected chi connectivity index (χ2v) is 27.7. The van der Waals surface area contributed by atoms with Crippen LogP contribution in [-0.4, -0.2) is 118 Å². The van der Waals surface area contributed by atoms with Crippen molar-refractivity contribution in [1.29, 1.82) is 0 Å². The topological polar surface area (TPSA) is 279 Å². The summed E-state index contributed by atoms with van der Waals surface area (Å²) in [6, 6.07) is 4.76. The highest BCUT2D eigenvalue weighted by atomic mass is 16.8. The van der Waals surface area contributed by atoms with Gasteiger partial charge < -0.3 is 65.6 Å². The van der Waals surface area contributed by atoms with Crippen LogP contribution in [-0.2, 0) is 49.4 Å². The maximum atomic E-state index is 14.0. The summed E-state index contributed by atoms with van der Waals surface area (Å²) in [4.78, 5) is 79.5. The normalized spacial score (nSPS) is 36.3. The second-order valence-electron chi connectivity index (χ2n) is 27.7. The number of fused-ring (bicyclic) bond motifs is 3. The van der Waals surface area contributed by atoms with Crippen LogP contribution >= 0.6 is 0 Å². The molecule has 85 heavy (non-hydrogen) atoms. The van der Waals surface area contributed by atoms with Gasteiger partial charge in [0.25, 0.3) is 0 Å². The number of rotatable bonds is 19. The van der Waals surface area contributed by atoms with Gasteiger partial charge in [-0.1, -0.05) is 77.1 Å². The van der Waals surface area contributed by atoms with Crippen molar-refractivity contribution in [2.24, 2.45) is 52.1 Å². The number of benzene rings is 1. The van der Waals surface area contributed by atoms with Gasteiger partial charge in [-0.3, -0.25) is 9.59 Å². The summed E-state index contributed by atoms with van der Waals surface area (Å²) in [5.41, 5.74) is 6.30. The Morgan fingerprint density at radius 3 is 2.42 bits per heavy atom. The zero-order valence-corrected chi connectivity index (χ0v) is 50.6. The number of aliphatic hydroxyl groups is 2. The Morgan fingerprint density at radius 1 is 0.929 bits per heavy atom. The van der Waals surface area contributed by atoms with Gasteiger partial charge in [-0.2, -0.15) is 0 Å². The third-order valence-corrected chi connectivity index (χ3v) is 22.0. The molecule has 10 aliphatic rings. The van der Waals surface area contributed by atoms with Crippen molar-refractivity contribution in [2.45, 2.75) is 217 Å². The van der Waals surface area contributed by atoms with Crippen LogP contribution in [0.2, 0.25) is 0 Å². The number of primary amides is 1. The van der Waals surface area contributed by atoms with Crippen LogP contribution in [0.4, 0.5) is 20.1 Å². The molecule has 5 amide bonds. The molecular formula is C66H89N5O14. The van der Waals surface area contributed by atoms with E-state index < -0.39 is 82.2 Å². The molecule has 19 heteroatoms. The first kappa shape index (κ1) is 60.7. The van der Waals surface area contributed by atoms with E-state index in [4.69, 9.17) is 34.2 Å². The van der Waals surface area contributed by atoms with Crippen LogP contribution in [0.3, 0.4) is 0 Å². The summed E-state index contributed by atoms with van der Waals surface area (Å²) in [6.45, 7) is 18.1. The number of anilines is 1. The average Bonchev–Trinajstić information content (AvgIpc) is 1.44. The number of hydrogen-bond acceptors (Lipinski definition) is 14. The molecule has 0 bridgehead atoms. The van der Waals surface area contributed by atoms with Crippen molar-refractivity contribution >= 4 is 41.8 Å². The van der Waals surface area contributed by atoms with Crippen molar-refractivity contribution in [3.63, 3.8) is 0 Å². The first-order valence-electron chi connectivity index (χ1n) is 31.3. The summed E-state index contributed by atoms with van der Waals surface area (Å²) in [5.74, 6) is -0.417. The molecule has 19 nitrogen and oxygen atoms in total. The first-order valence-corrected chi connectivity index (χ1v) is 31.3. The number of nitrogens with two attached hydrogens (primary N) is 1. The third kappa shape index (κ3) is 11.0. The summed E-state index contributed by atoms with van der Waals surface area (Å²) < 4.78 is 36.7. The van der Waals surface area contributed by atoms with Gasteiger partial charge in [0.1, 0.15) is 42.1 Å². The number of allylic oxidation sites excluding steroid dienone is 4. The maximum absolute atomic E-state index is 14.0. The molecular weight excluding hydrogens is 1090 g/mol. The summed E-state index contributed by atoms with van der Waals surface area (Å²) >= 11 is 0. The minimum atomic E-state index is -1.51. The Labute approximate surface area is 499 Å². The number of alkyl carbamates (subject to hydrolysis) is 1. The van der Waals surface area contributed by atoms with Crippen LogP contribution in [0.25, 0.3) is 0 Å². The lowest BCUT2D eigenvalue weighted by Gasteiger charge is -2.56. The van der Waals surface area contributed by atoms with Gasteiger partial charge in [-0.15, -0.1) is 0 Å². The molecule has 0 radical (unpaired) electrons. The number of amides is 5. The zero-order valence-electron chi connectivity index (χ0n) is 50.6. The van der Waals surface area contributed by atoms with Crippen LogP contribution in [0.1, 0.15) is 157 Å². The minimum absolute atomic E-state index is 0.0149. The van der Waals surface area contributed by atoms with E-state index in [1.54, 1.807) is 24.3 Å². The number of aliphatic hydroxyl groups excluding tert-OH is 1. The molecule has 462 valence electrons. The molecule has 1 aromatic carbocycles. The highest BCUT2D eigenvalue weighted by Gasteiger charge is 2.95. The fraction of sp³-hybridized carbons (Fsp3) is 0.667. The van der Waals surface area contributed by atoms with Gasteiger partial charge in [0.05, 0.1) is 18.3 Å². The summed E-state index contributed by atoms with van der Waals surface area (Å²) in [5, 5.41) is 33.7. The summed E-state index contributed by atoms with van der Waals surface area (Å²) in [7, 11) is 0. The van der Waals surface area contributed by atoms with Crippen LogP contribution in [0, 0.1) is 46.3 Å². The van der Waals surface area contributed by atoms with E-state index in [0.717, 1.165) is 86.5 Å². The number of hydrogen-bond donors (Lipinski definition) is 7. The van der Waals surface area contributed by atoms with Crippen molar-refractivity contribution in [2.75, 3.05) is 18.5 Å². The smallest absolute Gasteiger partial charge is 0.458 e. The van der Waals surface area contributed by atoms with E-state index in [-0.39, 0.29) is 86.3 Å². The summed E-state index contributed by atoms with van der Waals surface area (Å²) in [6.07, 6.45) is 16.9. The fourth-order valence-electron chi connectivity index (χ4n) is 16.9. The molecule has 3 aliphatic heterocycles. The average molecular weight is 1180 g/mol. The lowest BCUT2D eigenvalue weighted by molar-refractivity contribution is -0.187. The fourth-order valence-corrected chi connectivity index (χ4v) is 16.9. The van der Waals surface area contributed by atoms with Gasteiger partial charge in [0.15, 0.2) is 11.7 Å². The number of esters is 1. The van der Waals surface area contributed by atoms with Gasteiger partial charge in [-0.25, -0.2) is 19.2 Å².